The largest absolute Gasteiger partial charge is 0.496 e. The normalized spacial score (nSPS) is 10.8. The van der Waals surface area contributed by atoms with Crippen molar-refractivity contribution < 1.29 is 19.0 Å². The van der Waals surface area contributed by atoms with E-state index in [4.69, 9.17) is 14.2 Å². The molecule has 8 heteroatoms. The maximum absolute atomic E-state index is 11.1. The summed E-state index contributed by atoms with van der Waals surface area (Å²) in [5, 5.41) is 6.98. The van der Waals surface area contributed by atoms with Gasteiger partial charge in [-0.2, -0.15) is 5.10 Å². The predicted molar refractivity (Wildman–Crippen MR) is 134 cm³/mol. The molecular weight excluding hydrogens is 450 g/mol. The number of benzene rings is 3. The van der Waals surface area contributed by atoms with Crippen molar-refractivity contribution in [1.82, 2.24) is 4.98 Å². The third-order valence-corrected chi connectivity index (χ3v) is 5.71. The quantitative estimate of drug-likeness (QED) is 0.182. The number of aromatic nitrogens is 1. The van der Waals surface area contributed by atoms with E-state index in [0.717, 1.165) is 28.7 Å². The van der Waals surface area contributed by atoms with Crippen LogP contribution >= 0.6 is 11.3 Å². The van der Waals surface area contributed by atoms with Gasteiger partial charge in [-0.15, -0.1) is 11.3 Å². The van der Waals surface area contributed by atoms with E-state index in [9.17, 15) is 4.79 Å². The minimum Gasteiger partial charge on any atom is -0.496 e. The number of hydrazone groups is 1. The Morgan fingerprint density at radius 2 is 1.71 bits per heavy atom. The molecule has 4 aromatic rings. The topological polar surface area (TPSA) is 82.0 Å². The number of methoxy groups -OCH3 is 2. The summed E-state index contributed by atoms with van der Waals surface area (Å²) >= 11 is 1.49. The molecule has 1 aromatic heterocycles. The van der Waals surface area contributed by atoms with Gasteiger partial charge in [0, 0.05) is 22.1 Å². The van der Waals surface area contributed by atoms with Crippen LogP contribution in [-0.4, -0.2) is 31.7 Å². The molecule has 0 radical (unpaired) electrons. The monoisotopic (exact) mass is 473 g/mol. The highest BCUT2D eigenvalue weighted by Crippen LogP contribution is 2.30. The summed E-state index contributed by atoms with van der Waals surface area (Å²) in [4.78, 5) is 15.6. The van der Waals surface area contributed by atoms with E-state index in [1.165, 1.54) is 11.3 Å². The molecule has 0 aliphatic carbocycles. The first-order valence-electron chi connectivity index (χ1n) is 10.4. The smallest absolute Gasteiger partial charge is 0.203 e. The van der Waals surface area contributed by atoms with Gasteiger partial charge in [0.15, 0.2) is 11.5 Å². The molecule has 0 saturated heterocycles. The average molecular weight is 474 g/mol. The first kappa shape index (κ1) is 23.0. The molecule has 3 aromatic carbocycles. The number of hydrogen-bond donors (Lipinski definition) is 1. The van der Waals surface area contributed by atoms with Gasteiger partial charge in [0.25, 0.3) is 0 Å². The lowest BCUT2D eigenvalue weighted by Crippen LogP contribution is -2.01. The standard InChI is InChI=1S/C26H23N3O4S/c1-31-23-10-9-19(15-30)12-21(23)16-33-24-11-8-18(13-25(24)32-2)14-27-29-26-28-22(17-34-26)20-6-4-3-5-7-20/h3-15,17H,16H2,1-2H3,(H,28,29). The third-order valence-electron chi connectivity index (χ3n) is 4.96. The summed E-state index contributed by atoms with van der Waals surface area (Å²) < 4.78 is 16.8. The van der Waals surface area contributed by atoms with Crippen molar-refractivity contribution in [2.75, 3.05) is 19.6 Å². The van der Waals surface area contributed by atoms with Crippen molar-refractivity contribution in [3.63, 3.8) is 0 Å². The van der Waals surface area contributed by atoms with Crippen LogP contribution in [0.3, 0.4) is 0 Å². The van der Waals surface area contributed by atoms with Gasteiger partial charge in [-0.1, -0.05) is 30.3 Å². The number of carbonyl (C=O) groups excluding carboxylic acids is 1. The van der Waals surface area contributed by atoms with E-state index >= 15 is 0 Å². The lowest BCUT2D eigenvalue weighted by atomic mass is 10.1. The number of thiazole rings is 1. The molecule has 4 rings (SSSR count). The molecule has 0 atom stereocenters. The molecule has 0 spiro atoms. The van der Waals surface area contributed by atoms with Gasteiger partial charge in [0.05, 0.1) is 26.1 Å². The second-order valence-electron chi connectivity index (χ2n) is 7.16. The zero-order valence-electron chi connectivity index (χ0n) is 18.7. The molecule has 0 aliphatic heterocycles. The Hall–Kier alpha value is -4.17. The molecule has 0 aliphatic rings. The Morgan fingerprint density at radius 1 is 0.941 bits per heavy atom. The van der Waals surface area contributed by atoms with E-state index in [2.05, 4.69) is 15.5 Å². The van der Waals surface area contributed by atoms with E-state index in [1.54, 1.807) is 38.6 Å². The predicted octanol–water partition coefficient (Wildman–Crippen LogP) is 5.66. The molecule has 0 unspecified atom stereocenters. The van der Waals surface area contributed by atoms with Crippen LogP contribution in [-0.2, 0) is 6.61 Å². The summed E-state index contributed by atoms with van der Waals surface area (Å²) in [5.41, 5.74) is 7.09. The number of nitrogens with zero attached hydrogens (tertiary/aromatic N) is 2. The van der Waals surface area contributed by atoms with Gasteiger partial charge < -0.3 is 14.2 Å². The fourth-order valence-electron chi connectivity index (χ4n) is 3.25. The molecule has 1 N–H and O–H groups in total. The zero-order valence-corrected chi connectivity index (χ0v) is 19.5. The Balaban J connectivity index is 1.41. The molecule has 1 heterocycles. The van der Waals surface area contributed by atoms with Crippen molar-refractivity contribution in [3.05, 3.63) is 88.8 Å². The number of carbonyl (C=O) groups is 1. The summed E-state index contributed by atoms with van der Waals surface area (Å²) in [5.74, 6) is 1.78. The summed E-state index contributed by atoms with van der Waals surface area (Å²) in [6.45, 7) is 0.226. The lowest BCUT2D eigenvalue weighted by molar-refractivity contribution is 0.112. The second-order valence-corrected chi connectivity index (χ2v) is 8.02. The number of anilines is 1. The molecule has 34 heavy (non-hydrogen) atoms. The minimum atomic E-state index is 0.226. The van der Waals surface area contributed by atoms with Crippen LogP contribution in [0.2, 0.25) is 0 Å². The van der Waals surface area contributed by atoms with Crippen LogP contribution in [0.25, 0.3) is 11.3 Å². The SMILES string of the molecule is COc1ccc(C=O)cc1COc1ccc(C=NNc2nc(-c3ccccc3)cs2)cc1OC. The summed E-state index contributed by atoms with van der Waals surface area (Å²) in [6.07, 6.45) is 2.48. The number of rotatable bonds is 10. The summed E-state index contributed by atoms with van der Waals surface area (Å²) in [7, 11) is 3.16. The van der Waals surface area contributed by atoms with Gasteiger partial charge >= 0.3 is 0 Å². The maximum Gasteiger partial charge on any atom is 0.203 e. The number of aldehydes is 1. The van der Waals surface area contributed by atoms with E-state index in [-0.39, 0.29) is 6.61 Å². The van der Waals surface area contributed by atoms with Crippen molar-refractivity contribution >= 4 is 29.0 Å². The Bertz CT molecular complexity index is 1290. The Kier molecular flexibility index (Phi) is 7.52. The van der Waals surface area contributed by atoms with Gasteiger partial charge in [0.1, 0.15) is 18.6 Å². The minimum absolute atomic E-state index is 0.226. The van der Waals surface area contributed by atoms with E-state index in [1.807, 2.05) is 53.9 Å². The molecule has 0 saturated carbocycles. The number of nitrogens with one attached hydrogen (secondary N) is 1. The molecule has 7 nitrogen and oxygen atoms in total. The Labute approximate surface area is 201 Å². The van der Waals surface area contributed by atoms with Gasteiger partial charge in [-0.3, -0.25) is 10.2 Å². The van der Waals surface area contributed by atoms with Crippen LogP contribution in [0.15, 0.2) is 77.2 Å². The van der Waals surface area contributed by atoms with Crippen LogP contribution in [0.4, 0.5) is 5.13 Å². The zero-order chi connectivity index (χ0) is 23.8. The molecule has 0 amide bonds. The first-order chi connectivity index (χ1) is 16.7. The van der Waals surface area contributed by atoms with Crippen LogP contribution in [0.1, 0.15) is 21.5 Å². The highest BCUT2D eigenvalue weighted by atomic mass is 32.1. The lowest BCUT2D eigenvalue weighted by Gasteiger charge is -2.13. The number of ether oxygens (including phenoxy) is 3. The number of hydrogen-bond acceptors (Lipinski definition) is 8. The van der Waals surface area contributed by atoms with Crippen molar-refractivity contribution in [2.45, 2.75) is 6.61 Å². The molecule has 172 valence electrons. The van der Waals surface area contributed by atoms with Crippen molar-refractivity contribution in [2.24, 2.45) is 5.10 Å². The highest BCUT2D eigenvalue weighted by Gasteiger charge is 2.10. The van der Waals surface area contributed by atoms with E-state index < -0.39 is 0 Å². The fraction of sp³-hybridized carbons (Fsp3) is 0.115. The average Bonchev–Trinajstić information content (AvgIpc) is 3.37. The molecular formula is C26H23N3O4S. The van der Waals surface area contributed by atoms with Crippen LogP contribution in [0.5, 0.6) is 17.2 Å². The van der Waals surface area contributed by atoms with Crippen LogP contribution in [0, 0.1) is 0 Å². The van der Waals surface area contributed by atoms with Gasteiger partial charge in [-0.05, 0) is 42.0 Å². The van der Waals surface area contributed by atoms with Gasteiger partial charge in [-0.25, -0.2) is 4.98 Å². The second kappa shape index (κ2) is 11.1. The van der Waals surface area contributed by atoms with E-state index in [0.29, 0.717) is 27.9 Å². The first-order valence-corrected chi connectivity index (χ1v) is 11.3. The van der Waals surface area contributed by atoms with Crippen molar-refractivity contribution in [3.8, 4) is 28.5 Å². The van der Waals surface area contributed by atoms with Crippen molar-refractivity contribution in [1.29, 1.82) is 0 Å². The van der Waals surface area contributed by atoms with Crippen LogP contribution < -0.4 is 19.6 Å². The fourth-order valence-corrected chi connectivity index (χ4v) is 3.92. The molecule has 0 bridgehead atoms. The summed E-state index contributed by atoms with van der Waals surface area (Å²) in [6, 6.07) is 20.7. The van der Waals surface area contributed by atoms with Gasteiger partial charge in [0.2, 0.25) is 5.13 Å². The maximum atomic E-state index is 11.1. The third kappa shape index (κ3) is 5.60. The molecule has 0 fully saturated rings. The Morgan fingerprint density at radius 3 is 2.47 bits per heavy atom. The highest BCUT2D eigenvalue weighted by molar-refractivity contribution is 7.14.